The van der Waals surface area contributed by atoms with Crippen molar-refractivity contribution < 1.29 is 9.59 Å². The van der Waals surface area contributed by atoms with E-state index >= 15 is 0 Å². The first-order valence-electron chi connectivity index (χ1n) is 5.58. The zero-order valence-electron chi connectivity index (χ0n) is 9.75. The van der Waals surface area contributed by atoms with E-state index in [4.69, 9.17) is 0 Å². The maximum atomic E-state index is 11.5. The highest BCUT2D eigenvalue weighted by Crippen LogP contribution is 2.18. The van der Waals surface area contributed by atoms with Crippen molar-refractivity contribution in [2.24, 2.45) is 0 Å². The third-order valence-corrected chi connectivity index (χ3v) is 2.79. The van der Waals surface area contributed by atoms with Crippen molar-refractivity contribution in [1.82, 2.24) is 4.90 Å². The van der Waals surface area contributed by atoms with Crippen LogP contribution in [-0.2, 0) is 9.59 Å². The molecule has 0 aromatic carbocycles. The Kier molecular flexibility index (Phi) is 4.06. The molecule has 0 N–H and O–H groups in total. The highest BCUT2D eigenvalue weighted by Gasteiger charge is 2.25. The number of carbonyl (C=O) groups excluding carboxylic acids is 2. The van der Waals surface area contributed by atoms with Crippen LogP contribution in [0.1, 0.15) is 40.0 Å². The third kappa shape index (κ3) is 2.91. The molecular weight excluding hydrogens is 190 g/mol. The summed E-state index contributed by atoms with van der Waals surface area (Å²) in [6.45, 7) is 6.55. The Labute approximate surface area is 91.1 Å². The van der Waals surface area contributed by atoms with E-state index in [1.165, 1.54) is 6.92 Å². The van der Waals surface area contributed by atoms with Gasteiger partial charge in [0.2, 0.25) is 0 Å². The fourth-order valence-electron chi connectivity index (χ4n) is 1.77. The van der Waals surface area contributed by atoms with Crippen LogP contribution in [-0.4, -0.2) is 29.1 Å². The lowest BCUT2D eigenvalue weighted by Gasteiger charge is -2.31. The van der Waals surface area contributed by atoms with Gasteiger partial charge in [0.15, 0.2) is 11.6 Å². The molecule has 0 amide bonds. The molecule has 0 aromatic rings. The molecule has 0 bridgehead atoms. The van der Waals surface area contributed by atoms with Gasteiger partial charge in [0.25, 0.3) is 0 Å². The molecule has 1 aliphatic heterocycles. The van der Waals surface area contributed by atoms with Gasteiger partial charge in [-0.15, -0.1) is 0 Å². The van der Waals surface area contributed by atoms with E-state index in [2.05, 4.69) is 11.8 Å². The maximum absolute atomic E-state index is 11.5. The molecule has 1 aliphatic rings. The van der Waals surface area contributed by atoms with Crippen LogP contribution in [0.5, 0.6) is 0 Å². The summed E-state index contributed by atoms with van der Waals surface area (Å²) in [5.41, 5.74) is 0.365. The number of hydrogen-bond donors (Lipinski definition) is 0. The molecule has 15 heavy (non-hydrogen) atoms. The number of ketones is 2. The molecule has 1 atom stereocenters. The molecule has 0 fully saturated rings. The summed E-state index contributed by atoms with van der Waals surface area (Å²) < 4.78 is 0. The lowest BCUT2D eigenvalue weighted by atomic mass is 9.97. The van der Waals surface area contributed by atoms with Crippen LogP contribution in [0.25, 0.3) is 0 Å². The minimum absolute atomic E-state index is 0.0113. The second-order valence-electron chi connectivity index (χ2n) is 4.17. The summed E-state index contributed by atoms with van der Waals surface area (Å²) in [5, 5.41) is 0. The average molecular weight is 209 g/mol. The van der Waals surface area contributed by atoms with Crippen molar-refractivity contribution in [3.63, 3.8) is 0 Å². The molecule has 1 heterocycles. The first-order chi connectivity index (χ1) is 7.06. The monoisotopic (exact) mass is 209 g/mol. The summed E-state index contributed by atoms with van der Waals surface area (Å²) in [6.07, 6.45) is 4.43. The van der Waals surface area contributed by atoms with Gasteiger partial charge in [-0.25, -0.2) is 0 Å². The average Bonchev–Trinajstić information content (AvgIpc) is 2.16. The first kappa shape index (κ1) is 12.0. The van der Waals surface area contributed by atoms with E-state index in [0.717, 1.165) is 19.4 Å². The summed E-state index contributed by atoms with van der Waals surface area (Å²) in [7, 11) is 0. The van der Waals surface area contributed by atoms with E-state index in [-0.39, 0.29) is 17.6 Å². The van der Waals surface area contributed by atoms with E-state index in [1.54, 1.807) is 6.20 Å². The van der Waals surface area contributed by atoms with Crippen LogP contribution in [0, 0.1) is 0 Å². The van der Waals surface area contributed by atoms with Crippen LogP contribution in [0.4, 0.5) is 0 Å². The Balaban J connectivity index is 2.78. The van der Waals surface area contributed by atoms with Crippen molar-refractivity contribution >= 4 is 11.6 Å². The van der Waals surface area contributed by atoms with Crippen LogP contribution in [0.15, 0.2) is 11.8 Å². The summed E-state index contributed by atoms with van der Waals surface area (Å²) in [5.74, 6) is -0.129. The molecule has 3 heteroatoms. The Bertz CT molecular complexity index is 294. The van der Waals surface area contributed by atoms with Gasteiger partial charge in [-0.3, -0.25) is 9.59 Å². The molecule has 3 nitrogen and oxygen atoms in total. The number of Topliss-reactive ketones (excluding diaryl/α,β-unsaturated/α-hetero) is 2. The Hall–Kier alpha value is -1.12. The summed E-state index contributed by atoms with van der Waals surface area (Å²) in [4.78, 5) is 24.9. The highest BCUT2D eigenvalue weighted by atomic mass is 16.1. The van der Waals surface area contributed by atoms with Crippen molar-refractivity contribution in [1.29, 1.82) is 0 Å². The molecule has 0 radical (unpaired) electrons. The molecule has 0 saturated carbocycles. The van der Waals surface area contributed by atoms with Crippen molar-refractivity contribution in [2.75, 3.05) is 6.54 Å². The molecule has 84 valence electrons. The third-order valence-electron chi connectivity index (χ3n) is 2.79. The quantitative estimate of drug-likeness (QED) is 0.664. The largest absolute Gasteiger partial charge is 0.374 e. The predicted octanol–water partition coefficient (Wildman–Crippen LogP) is 1.92. The van der Waals surface area contributed by atoms with Gasteiger partial charge in [-0.05, 0) is 20.3 Å². The Morgan fingerprint density at radius 2 is 2.27 bits per heavy atom. The van der Waals surface area contributed by atoms with Crippen LogP contribution >= 0.6 is 0 Å². The van der Waals surface area contributed by atoms with Gasteiger partial charge in [-0.2, -0.15) is 0 Å². The van der Waals surface area contributed by atoms with Gasteiger partial charge in [0, 0.05) is 25.2 Å². The molecule has 0 aromatic heterocycles. The van der Waals surface area contributed by atoms with Gasteiger partial charge < -0.3 is 4.90 Å². The Morgan fingerprint density at radius 3 is 2.80 bits per heavy atom. The zero-order chi connectivity index (χ0) is 11.4. The predicted molar refractivity (Wildman–Crippen MR) is 59.5 cm³/mol. The number of carbonyl (C=O) groups is 2. The van der Waals surface area contributed by atoms with Gasteiger partial charge >= 0.3 is 0 Å². The van der Waals surface area contributed by atoms with E-state index in [0.29, 0.717) is 12.0 Å². The molecular formula is C12H19NO2. The minimum atomic E-state index is -0.117. The molecule has 1 rings (SSSR count). The second-order valence-corrected chi connectivity index (χ2v) is 4.17. The van der Waals surface area contributed by atoms with E-state index in [1.807, 2.05) is 6.92 Å². The molecule has 0 aliphatic carbocycles. The standard InChI is InChI=1S/C12H19NO2/c1-4-5-6-13-8-11(10(3)14)12(15)7-9(13)2/h8-9H,4-7H2,1-3H3. The smallest absolute Gasteiger partial charge is 0.169 e. The maximum Gasteiger partial charge on any atom is 0.169 e. The fourth-order valence-corrected chi connectivity index (χ4v) is 1.77. The number of unbranched alkanes of at least 4 members (excludes halogenated alkanes) is 1. The molecule has 1 unspecified atom stereocenters. The van der Waals surface area contributed by atoms with Crippen molar-refractivity contribution in [2.45, 2.75) is 46.1 Å². The van der Waals surface area contributed by atoms with Crippen LogP contribution in [0.2, 0.25) is 0 Å². The van der Waals surface area contributed by atoms with Gasteiger partial charge in [0.1, 0.15) is 0 Å². The minimum Gasteiger partial charge on any atom is -0.374 e. The van der Waals surface area contributed by atoms with Crippen molar-refractivity contribution in [3.8, 4) is 0 Å². The fraction of sp³-hybridized carbons (Fsp3) is 0.667. The topological polar surface area (TPSA) is 37.4 Å². The lowest BCUT2D eigenvalue weighted by Crippen LogP contribution is -2.37. The normalized spacial score (nSPS) is 21.5. The van der Waals surface area contributed by atoms with Crippen LogP contribution in [0.3, 0.4) is 0 Å². The van der Waals surface area contributed by atoms with E-state index < -0.39 is 0 Å². The van der Waals surface area contributed by atoms with Crippen molar-refractivity contribution in [3.05, 3.63) is 11.8 Å². The number of allylic oxidation sites excluding steroid dienone is 1. The number of hydrogen-bond acceptors (Lipinski definition) is 3. The summed E-state index contributed by atoms with van der Waals surface area (Å²) >= 11 is 0. The Morgan fingerprint density at radius 1 is 1.60 bits per heavy atom. The van der Waals surface area contributed by atoms with Gasteiger partial charge in [0.05, 0.1) is 5.57 Å². The first-order valence-corrected chi connectivity index (χ1v) is 5.58. The number of nitrogens with zero attached hydrogens (tertiary/aromatic N) is 1. The zero-order valence-corrected chi connectivity index (χ0v) is 9.75. The number of rotatable bonds is 4. The van der Waals surface area contributed by atoms with Gasteiger partial charge in [-0.1, -0.05) is 13.3 Å². The lowest BCUT2D eigenvalue weighted by molar-refractivity contribution is -0.121. The second kappa shape index (κ2) is 5.10. The molecule has 0 saturated heterocycles. The molecule has 0 spiro atoms. The van der Waals surface area contributed by atoms with Crippen LogP contribution < -0.4 is 0 Å². The summed E-state index contributed by atoms with van der Waals surface area (Å²) in [6, 6.07) is 0.229. The highest BCUT2D eigenvalue weighted by molar-refractivity contribution is 6.19. The SMILES string of the molecule is CCCCN1C=C(C(C)=O)C(=O)CC1C. The van der Waals surface area contributed by atoms with E-state index in [9.17, 15) is 9.59 Å².